The molecule has 2 aromatic carbocycles. The van der Waals surface area contributed by atoms with Crippen molar-refractivity contribution in [2.45, 2.75) is 59.8 Å². The predicted molar refractivity (Wildman–Crippen MR) is 103 cm³/mol. The molecule has 1 aromatic heterocycles. The molecular formula is C22H28N2. The highest BCUT2D eigenvalue weighted by Gasteiger charge is 2.17. The van der Waals surface area contributed by atoms with Gasteiger partial charge in [-0.05, 0) is 78.5 Å². The fourth-order valence-electron chi connectivity index (χ4n) is 4.25. The molecule has 126 valence electrons. The van der Waals surface area contributed by atoms with Gasteiger partial charge in [0.1, 0.15) is 0 Å². The van der Waals surface area contributed by atoms with Crippen molar-refractivity contribution in [1.29, 1.82) is 0 Å². The number of nitrogens with one attached hydrogen (secondary N) is 1. The molecule has 0 saturated carbocycles. The smallest absolute Gasteiger partial charge is 0.0653 e. The lowest BCUT2D eigenvalue weighted by Gasteiger charge is -2.21. The molecule has 3 aromatic rings. The van der Waals surface area contributed by atoms with Crippen LogP contribution in [0.5, 0.6) is 0 Å². The average molecular weight is 320 g/mol. The number of fused-ring (bicyclic) bond motifs is 1. The Morgan fingerprint density at radius 2 is 1.58 bits per heavy atom. The van der Waals surface area contributed by atoms with E-state index in [1.54, 1.807) is 0 Å². The average Bonchev–Trinajstić information content (AvgIpc) is 2.98. The first kappa shape index (κ1) is 16.8. The van der Waals surface area contributed by atoms with Crippen LogP contribution in [0.3, 0.4) is 0 Å². The highest BCUT2D eigenvalue weighted by Crippen LogP contribution is 2.33. The van der Waals surface area contributed by atoms with Gasteiger partial charge < -0.3 is 0 Å². The first-order chi connectivity index (χ1) is 11.4. The lowest BCUT2D eigenvalue weighted by atomic mass is 9.84. The molecule has 0 fully saturated rings. The zero-order valence-corrected chi connectivity index (χ0v) is 15.7. The van der Waals surface area contributed by atoms with Crippen LogP contribution in [0.4, 0.5) is 0 Å². The SMILES string of the molecule is Cc1ccc(CC(C)c2c(C)ccc3[nH]ncc23)c(C)c1C(C)C. The number of nitrogens with zero attached hydrogens (tertiary/aromatic N) is 1. The highest BCUT2D eigenvalue weighted by atomic mass is 15.1. The van der Waals surface area contributed by atoms with Crippen LogP contribution in [-0.2, 0) is 6.42 Å². The van der Waals surface area contributed by atoms with Gasteiger partial charge in [-0.15, -0.1) is 0 Å². The first-order valence-corrected chi connectivity index (χ1v) is 8.91. The van der Waals surface area contributed by atoms with E-state index in [9.17, 15) is 0 Å². The number of aromatic amines is 1. The van der Waals surface area contributed by atoms with E-state index in [-0.39, 0.29) is 0 Å². The minimum absolute atomic E-state index is 0.465. The number of aromatic nitrogens is 2. The van der Waals surface area contributed by atoms with Crippen molar-refractivity contribution in [2.75, 3.05) is 0 Å². The molecule has 0 spiro atoms. The molecule has 0 bridgehead atoms. The second kappa shape index (κ2) is 6.43. The summed E-state index contributed by atoms with van der Waals surface area (Å²) in [5.74, 6) is 1.03. The maximum Gasteiger partial charge on any atom is 0.0653 e. The minimum Gasteiger partial charge on any atom is -0.278 e. The summed E-state index contributed by atoms with van der Waals surface area (Å²) in [5, 5.41) is 8.59. The minimum atomic E-state index is 0.465. The Hall–Kier alpha value is -2.09. The molecule has 1 N–H and O–H groups in total. The quantitative estimate of drug-likeness (QED) is 0.631. The monoisotopic (exact) mass is 320 g/mol. The first-order valence-electron chi connectivity index (χ1n) is 8.91. The fourth-order valence-corrected chi connectivity index (χ4v) is 4.25. The molecule has 1 unspecified atom stereocenters. The van der Waals surface area contributed by atoms with Crippen molar-refractivity contribution in [1.82, 2.24) is 10.2 Å². The van der Waals surface area contributed by atoms with Crippen LogP contribution in [0.15, 0.2) is 30.5 Å². The van der Waals surface area contributed by atoms with Crippen molar-refractivity contribution >= 4 is 10.9 Å². The summed E-state index contributed by atoms with van der Waals surface area (Å²) in [6.07, 6.45) is 3.03. The molecule has 0 radical (unpaired) electrons. The van der Waals surface area contributed by atoms with Crippen molar-refractivity contribution in [3.63, 3.8) is 0 Å². The molecule has 2 heteroatoms. The van der Waals surface area contributed by atoms with Gasteiger partial charge in [-0.2, -0.15) is 5.10 Å². The van der Waals surface area contributed by atoms with Gasteiger partial charge in [0.25, 0.3) is 0 Å². The van der Waals surface area contributed by atoms with E-state index in [4.69, 9.17) is 0 Å². The van der Waals surface area contributed by atoms with E-state index in [0.29, 0.717) is 11.8 Å². The van der Waals surface area contributed by atoms with Gasteiger partial charge >= 0.3 is 0 Å². The maximum atomic E-state index is 4.23. The molecular weight excluding hydrogens is 292 g/mol. The second-order valence-electron chi connectivity index (χ2n) is 7.47. The molecule has 0 aliphatic heterocycles. The lowest BCUT2D eigenvalue weighted by molar-refractivity contribution is 0.749. The Kier molecular flexibility index (Phi) is 4.49. The predicted octanol–water partition coefficient (Wildman–Crippen LogP) is 5.96. The number of hydrogen-bond donors (Lipinski definition) is 1. The molecule has 3 rings (SSSR count). The zero-order valence-electron chi connectivity index (χ0n) is 15.7. The van der Waals surface area contributed by atoms with Crippen LogP contribution in [0, 0.1) is 20.8 Å². The molecule has 1 atom stereocenters. The van der Waals surface area contributed by atoms with Crippen LogP contribution in [0.25, 0.3) is 10.9 Å². The second-order valence-corrected chi connectivity index (χ2v) is 7.47. The number of aryl methyl sites for hydroxylation is 2. The van der Waals surface area contributed by atoms with E-state index in [1.807, 2.05) is 6.20 Å². The van der Waals surface area contributed by atoms with Gasteiger partial charge in [0.15, 0.2) is 0 Å². The normalized spacial score (nSPS) is 13.0. The van der Waals surface area contributed by atoms with Gasteiger partial charge in [0, 0.05) is 5.39 Å². The van der Waals surface area contributed by atoms with E-state index in [0.717, 1.165) is 11.9 Å². The summed E-state index contributed by atoms with van der Waals surface area (Å²) in [4.78, 5) is 0. The van der Waals surface area contributed by atoms with Gasteiger partial charge in [-0.25, -0.2) is 0 Å². The molecule has 0 aliphatic carbocycles. The van der Waals surface area contributed by atoms with E-state index < -0.39 is 0 Å². The lowest BCUT2D eigenvalue weighted by Crippen LogP contribution is -2.06. The van der Waals surface area contributed by atoms with Crippen LogP contribution < -0.4 is 0 Å². The number of H-pyrrole nitrogens is 1. The Morgan fingerprint density at radius 3 is 2.29 bits per heavy atom. The summed E-state index contributed by atoms with van der Waals surface area (Å²) in [7, 11) is 0. The summed E-state index contributed by atoms with van der Waals surface area (Å²) in [6, 6.07) is 8.93. The standard InChI is InChI=1S/C22H28N2/c1-13(2)21-14(3)7-9-18(17(21)6)11-16(5)22-15(4)8-10-20-19(22)12-23-24-20/h7-10,12-13,16H,11H2,1-6H3,(H,23,24). The van der Waals surface area contributed by atoms with Crippen LogP contribution >= 0.6 is 0 Å². The molecule has 2 nitrogen and oxygen atoms in total. The van der Waals surface area contributed by atoms with E-state index in [1.165, 1.54) is 38.8 Å². The number of hydrogen-bond acceptors (Lipinski definition) is 1. The van der Waals surface area contributed by atoms with Crippen LogP contribution in [0.1, 0.15) is 66.0 Å². The fraction of sp³-hybridized carbons (Fsp3) is 0.409. The van der Waals surface area contributed by atoms with Crippen LogP contribution in [0.2, 0.25) is 0 Å². The molecule has 1 heterocycles. The van der Waals surface area contributed by atoms with Crippen molar-refractivity contribution in [3.05, 3.63) is 63.8 Å². The van der Waals surface area contributed by atoms with Crippen molar-refractivity contribution < 1.29 is 0 Å². The van der Waals surface area contributed by atoms with Gasteiger partial charge in [0.2, 0.25) is 0 Å². The van der Waals surface area contributed by atoms with Crippen molar-refractivity contribution in [3.8, 4) is 0 Å². The van der Waals surface area contributed by atoms with Crippen LogP contribution in [-0.4, -0.2) is 10.2 Å². The zero-order chi connectivity index (χ0) is 17.4. The summed E-state index contributed by atoms with van der Waals surface area (Å²) in [6.45, 7) is 13.6. The highest BCUT2D eigenvalue weighted by molar-refractivity contribution is 5.83. The Bertz CT molecular complexity index is 871. The third kappa shape index (κ3) is 2.86. The molecule has 0 saturated heterocycles. The Labute approximate surface area is 145 Å². The molecule has 0 amide bonds. The summed E-state index contributed by atoms with van der Waals surface area (Å²) >= 11 is 0. The Morgan fingerprint density at radius 1 is 0.917 bits per heavy atom. The van der Waals surface area contributed by atoms with Gasteiger partial charge in [-0.3, -0.25) is 5.10 Å². The van der Waals surface area contributed by atoms with Gasteiger partial charge in [-0.1, -0.05) is 39.0 Å². The third-order valence-corrected chi connectivity index (χ3v) is 5.33. The molecule has 24 heavy (non-hydrogen) atoms. The van der Waals surface area contributed by atoms with E-state index in [2.05, 4.69) is 76.0 Å². The van der Waals surface area contributed by atoms with E-state index >= 15 is 0 Å². The largest absolute Gasteiger partial charge is 0.278 e. The third-order valence-electron chi connectivity index (χ3n) is 5.33. The topological polar surface area (TPSA) is 28.7 Å². The summed E-state index contributed by atoms with van der Waals surface area (Å²) < 4.78 is 0. The summed E-state index contributed by atoms with van der Waals surface area (Å²) in [5.41, 5.74) is 9.76. The number of rotatable bonds is 4. The van der Waals surface area contributed by atoms with Crippen molar-refractivity contribution in [2.24, 2.45) is 0 Å². The maximum absolute atomic E-state index is 4.23. The Balaban J connectivity index is 2.01. The number of benzene rings is 2. The van der Waals surface area contributed by atoms with Gasteiger partial charge in [0.05, 0.1) is 11.7 Å². The molecule has 0 aliphatic rings.